The number of benzene rings is 1. The molecule has 0 heterocycles. The van der Waals surface area contributed by atoms with Gasteiger partial charge in [-0.25, -0.2) is 0 Å². The van der Waals surface area contributed by atoms with E-state index in [-0.39, 0.29) is 22.3 Å². The quantitative estimate of drug-likeness (QED) is 0.484. The van der Waals surface area contributed by atoms with Crippen LogP contribution in [0.1, 0.15) is 76.6 Å². The third kappa shape index (κ3) is 4.43. The molecule has 0 atom stereocenters. The first kappa shape index (κ1) is 20.3. The van der Waals surface area contributed by atoms with Gasteiger partial charge in [0.2, 0.25) is 0 Å². The maximum absolute atomic E-state index is 10.7. The SMILES string of the molecule is C=Cc1c(O)c(C)c(C)c(O)c1C(C)(C)CC=C(C)CC(C)(C)C. The summed E-state index contributed by atoms with van der Waals surface area (Å²) in [6.45, 7) is 20.6. The molecule has 0 amide bonds. The largest absolute Gasteiger partial charge is 0.507 e. The van der Waals surface area contributed by atoms with Crippen molar-refractivity contribution in [2.24, 2.45) is 5.41 Å². The van der Waals surface area contributed by atoms with Crippen LogP contribution in [0.25, 0.3) is 6.08 Å². The van der Waals surface area contributed by atoms with Gasteiger partial charge >= 0.3 is 0 Å². The van der Waals surface area contributed by atoms with Gasteiger partial charge < -0.3 is 10.2 Å². The zero-order chi connectivity index (χ0) is 18.9. The number of phenols is 2. The Kier molecular flexibility index (Phi) is 5.97. The van der Waals surface area contributed by atoms with E-state index in [4.69, 9.17) is 0 Å². The van der Waals surface area contributed by atoms with E-state index in [2.05, 4.69) is 54.2 Å². The Morgan fingerprint density at radius 3 is 1.96 bits per heavy atom. The minimum absolute atomic E-state index is 0.221. The predicted molar refractivity (Wildman–Crippen MR) is 105 cm³/mol. The van der Waals surface area contributed by atoms with Gasteiger partial charge in [0.25, 0.3) is 0 Å². The zero-order valence-electron chi connectivity index (χ0n) is 16.7. The van der Waals surface area contributed by atoms with Crippen LogP contribution in [-0.2, 0) is 5.41 Å². The fraction of sp³-hybridized carbons (Fsp3) is 0.545. The average Bonchev–Trinajstić information content (AvgIpc) is 2.44. The summed E-state index contributed by atoms with van der Waals surface area (Å²) in [6, 6.07) is 0. The highest BCUT2D eigenvalue weighted by Crippen LogP contribution is 2.45. The van der Waals surface area contributed by atoms with Crippen LogP contribution < -0.4 is 0 Å². The summed E-state index contributed by atoms with van der Waals surface area (Å²) in [4.78, 5) is 0. The number of aromatic hydroxyl groups is 2. The molecule has 0 aliphatic rings. The van der Waals surface area contributed by atoms with E-state index in [9.17, 15) is 10.2 Å². The summed E-state index contributed by atoms with van der Waals surface area (Å²) in [5, 5.41) is 21.2. The number of allylic oxidation sites excluding steroid dienone is 2. The first-order chi connectivity index (χ1) is 10.8. The second-order valence-corrected chi connectivity index (χ2v) is 8.82. The summed E-state index contributed by atoms with van der Waals surface area (Å²) in [5.74, 6) is 0.492. The van der Waals surface area contributed by atoms with Crippen molar-refractivity contribution in [3.05, 3.63) is 40.5 Å². The van der Waals surface area contributed by atoms with Crippen LogP contribution >= 0.6 is 0 Å². The van der Waals surface area contributed by atoms with Crippen molar-refractivity contribution in [1.29, 1.82) is 0 Å². The van der Waals surface area contributed by atoms with Crippen molar-refractivity contribution in [2.45, 2.75) is 73.6 Å². The van der Waals surface area contributed by atoms with Crippen LogP contribution in [0.4, 0.5) is 0 Å². The van der Waals surface area contributed by atoms with Gasteiger partial charge in [-0.3, -0.25) is 0 Å². The molecule has 0 saturated carbocycles. The second-order valence-electron chi connectivity index (χ2n) is 8.82. The number of phenolic OH excluding ortho intramolecular Hbond substituents is 2. The molecule has 0 saturated heterocycles. The molecule has 0 aliphatic heterocycles. The smallest absolute Gasteiger partial charge is 0.126 e. The summed E-state index contributed by atoms with van der Waals surface area (Å²) in [7, 11) is 0. The van der Waals surface area contributed by atoms with E-state index in [0.29, 0.717) is 11.1 Å². The summed E-state index contributed by atoms with van der Waals surface area (Å²) < 4.78 is 0. The molecule has 0 aromatic heterocycles. The first-order valence-corrected chi connectivity index (χ1v) is 8.65. The fourth-order valence-electron chi connectivity index (χ4n) is 3.31. The molecule has 0 aliphatic carbocycles. The standard InChI is InChI=1S/C22H34O2/c1-10-17-18(20(24)16(4)15(3)19(17)23)22(8,9)12-11-14(2)13-21(5,6)7/h10-11,23-24H,1,12-13H2,2-9H3. The Hall–Kier alpha value is -1.70. The molecular weight excluding hydrogens is 296 g/mol. The Morgan fingerprint density at radius 1 is 1.00 bits per heavy atom. The lowest BCUT2D eigenvalue weighted by Crippen LogP contribution is -2.19. The molecular formula is C22H34O2. The molecule has 0 unspecified atom stereocenters. The van der Waals surface area contributed by atoms with Crippen molar-refractivity contribution < 1.29 is 10.2 Å². The van der Waals surface area contributed by atoms with Crippen LogP contribution in [0.5, 0.6) is 11.5 Å². The maximum Gasteiger partial charge on any atom is 0.126 e. The molecule has 0 radical (unpaired) electrons. The Morgan fingerprint density at radius 2 is 1.50 bits per heavy atom. The van der Waals surface area contributed by atoms with Gasteiger partial charge in [-0.15, -0.1) is 0 Å². The molecule has 24 heavy (non-hydrogen) atoms. The predicted octanol–water partition coefficient (Wildman–Crippen LogP) is 6.41. The molecule has 0 fully saturated rings. The van der Waals surface area contributed by atoms with E-state index in [1.165, 1.54) is 5.57 Å². The van der Waals surface area contributed by atoms with Crippen molar-refractivity contribution in [2.75, 3.05) is 0 Å². The highest BCUT2D eigenvalue weighted by molar-refractivity contribution is 5.70. The summed E-state index contributed by atoms with van der Waals surface area (Å²) >= 11 is 0. The molecule has 1 rings (SSSR count). The molecule has 1 aromatic rings. The third-order valence-corrected chi connectivity index (χ3v) is 4.69. The van der Waals surface area contributed by atoms with Crippen molar-refractivity contribution in [3.8, 4) is 11.5 Å². The average molecular weight is 331 g/mol. The van der Waals surface area contributed by atoms with Crippen LogP contribution in [0.2, 0.25) is 0 Å². The maximum atomic E-state index is 10.7. The second kappa shape index (κ2) is 7.04. The topological polar surface area (TPSA) is 40.5 Å². The van der Waals surface area contributed by atoms with Gasteiger partial charge in [0.05, 0.1) is 0 Å². The van der Waals surface area contributed by atoms with Gasteiger partial charge in [0.1, 0.15) is 11.5 Å². The van der Waals surface area contributed by atoms with Crippen LogP contribution in [0.3, 0.4) is 0 Å². The molecule has 134 valence electrons. The molecule has 2 nitrogen and oxygen atoms in total. The highest BCUT2D eigenvalue weighted by atomic mass is 16.3. The van der Waals surface area contributed by atoms with Crippen molar-refractivity contribution in [1.82, 2.24) is 0 Å². The van der Waals surface area contributed by atoms with E-state index in [1.54, 1.807) is 6.08 Å². The van der Waals surface area contributed by atoms with E-state index in [1.807, 2.05) is 13.8 Å². The highest BCUT2D eigenvalue weighted by Gasteiger charge is 2.29. The van der Waals surface area contributed by atoms with Crippen LogP contribution in [-0.4, -0.2) is 10.2 Å². The normalized spacial score (nSPS) is 13.2. The van der Waals surface area contributed by atoms with Gasteiger partial charge in [-0.05, 0) is 55.6 Å². The summed E-state index contributed by atoms with van der Waals surface area (Å²) in [5.41, 5.74) is 4.17. The van der Waals surface area contributed by atoms with Gasteiger partial charge in [0.15, 0.2) is 0 Å². The Labute approximate surface area is 147 Å². The monoisotopic (exact) mass is 330 g/mol. The lowest BCUT2D eigenvalue weighted by molar-refractivity contribution is 0.404. The molecule has 1 aromatic carbocycles. The zero-order valence-corrected chi connectivity index (χ0v) is 16.7. The molecule has 0 spiro atoms. The van der Waals surface area contributed by atoms with Crippen molar-refractivity contribution >= 4 is 6.08 Å². The van der Waals surface area contributed by atoms with Gasteiger partial charge in [0, 0.05) is 11.1 Å². The molecule has 2 N–H and O–H groups in total. The van der Waals surface area contributed by atoms with Crippen molar-refractivity contribution in [3.63, 3.8) is 0 Å². The fourth-order valence-corrected chi connectivity index (χ4v) is 3.31. The first-order valence-electron chi connectivity index (χ1n) is 8.65. The Bertz CT molecular complexity index is 656. The van der Waals surface area contributed by atoms with E-state index < -0.39 is 0 Å². The molecule has 0 bridgehead atoms. The number of hydrogen-bond donors (Lipinski definition) is 2. The van der Waals surface area contributed by atoms with E-state index in [0.717, 1.165) is 24.0 Å². The van der Waals surface area contributed by atoms with Crippen LogP contribution in [0.15, 0.2) is 18.2 Å². The lowest BCUT2D eigenvalue weighted by atomic mass is 9.75. The van der Waals surface area contributed by atoms with Gasteiger partial charge in [-0.2, -0.15) is 0 Å². The number of rotatable bonds is 5. The number of hydrogen-bond acceptors (Lipinski definition) is 2. The molecule has 2 heteroatoms. The van der Waals surface area contributed by atoms with E-state index >= 15 is 0 Å². The van der Waals surface area contributed by atoms with Gasteiger partial charge in [-0.1, -0.05) is 58.9 Å². The minimum Gasteiger partial charge on any atom is -0.507 e. The lowest BCUT2D eigenvalue weighted by Gasteiger charge is -2.29. The Balaban J connectivity index is 3.34. The third-order valence-electron chi connectivity index (χ3n) is 4.69. The minimum atomic E-state index is -0.303. The van der Waals surface area contributed by atoms with Crippen LogP contribution in [0, 0.1) is 19.3 Å². The summed E-state index contributed by atoms with van der Waals surface area (Å²) in [6.07, 6.45) is 5.74.